The van der Waals surface area contributed by atoms with Gasteiger partial charge < -0.3 is 0 Å². The van der Waals surface area contributed by atoms with Crippen LogP contribution in [-0.4, -0.2) is 5.78 Å². The fraction of sp³-hybridized carbons (Fsp3) is 0.625. The number of rotatable bonds is 0. The van der Waals surface area contributed by atoms with E-state index >= 15 is 0 Å². The number of allylic oxidation sites excluding steroid dienone is 2. The van der Waals surface area contributed by atoms with Gasteiger partial charge in [0.15, 0.2) is 5.78 Å². The van der Waals surface area contributed by atoms with Gasteiger partial charge in [-0.25, -0.2) is 0 Å². The van der Waals surface area contributed by atoms with Gasteiger partial charge in [-0.15, -0.1) is 0 Å². The summed E-state index contributed by atoms with van der Waals surface area (Å²) >= 11 is 0. The van der Waals surface area contributed by atoms with E-state index in [1.807, 2.05) is 0 Å². The van der Waals surface area contributed by atoms with Crippen LogP contribution in [0.1, 0.15) is 27.0 Å². The maximum atomic E-state index is 10.8. The Balaban J connectivity index is 2.26. The lowest BCUT2D eigenvalue weighted by atomic mass is 10.1. The fourth-order valence-corrected chi connectivity index (χ4v) is 1.66. The minimum atomic E-state index is 0.0118. The predicted octanol–water partition coefficient (Wildman–Crippen LogP) is 1.69. The van der Waals surface area contributed by atoms with Gasteiger partial charge in [0.25, 0.3) is 0 Å². The van der Waals surface area contributed by atoms with Gasteiger partial charge in [-0.1, -0.05) is 5.57 Å². The second-order valence-corrected chi connectivity index (χ2v) is 2.77. The Bertz CT molecular complexity index is 207. The van der Waals surface area contributed by atoms with Crippen LogP contribution >= 0.6 is 0 Å². The third-order valence-corrected chi connectivity index (χ3v) is 2.13. The van der Waals surface area contributed by atoms with E-state index in [-0.39, 0.29) is 12.2 Å². The van der Waals surface area contributed by atoms with Crippen LogP contribution in [0.3, 0.4) is 0 Å². The number of carbonyl (C=O) groups is 1. The molecule has 0 bridgehead atoms. The Morgan fingerprint density at radius 1 is 1.78 bits per heavy atom. The SMILES string of the molecule is [3H][C@H]1CCC2=CC(=O)C[C@@H]21. The summed E-state index contributed by atoms with van der Waals surface area (Å²) in [5, 5.41) is 0. The van der Waals surface area contributed by atoms with Crippen LogP contribution in [0.15, 0.2) is 11.6 Å². The Labute approximate surface area is 56.2 Å². The highest BCUT2D eigenvalue weighted by Gasteiger charge is 2.28. The molecule has 48 valence electrons. The van der Waals surface area contributed by atoms with E-state index < -0.39 is 0 Å². The van der Waals surface area contributed by atoms with E-state index in [1.54, 1.807) is 6.08 Å². The Kier molecular flexibility index (Phi) is 0.802. The largest absolute Gasteiger partial charge is 0.295 e. The number of carbonyl (C=O) groups excluding carboxylic acids is 1. The minimum Gasteiger partial charge on any atom is -0.295 e. The molecule has 1 fully saturated rings. The Hall–Kier alpha value is -0.590. The molecular formula is C8H10O. The lowest BCUT2D eigenvalue weighted by molar-refractivity contribution is -0.114. The number of hydrogen-bond donors (Lipinski definition) is 0. The van der Waals surface area contributed by atoms with Gasteiger partial charge in [-0.3, -0.25) is 4.79 Å². The lowest BCUT2D eigenvalue weighted by Gasteiger charge is -1.97. The molecular weight excluding hydrogens is 112 g/mol. The van der Waals surface area contributed by atoms with Gasteiger partial charge in [0, 0.05) is 7.79 Å². The molecule has 1 saturated carbocycles. The van der Waals surface area contributed by atoms with Gasteiger partial charge in [-0.2, -0.15) is 0 Å². The molecule has 0 spiro atoms. The molecule has 9 heavy (non-hydrogen) atoms. The Morgan fingerprint density at radius 2 is 2.67 bits per heavy atom. The molecule has 0 unspecified atom stereocenters. The van der Waals surface area contributed by atoms with Crippen molar-refractivity contribution in [2.75, 3.05) is 0 Å². The summed E-state index contributed by atoms with van der Waals surface area (Å²) in [5.74, 6) is 0.532. The summed E-state index contributed by atoms with van der Waals surface area (Å²) in [6, 6.07) is 0. The molecule has 1 nitrogen and oxygen atoms in total. The van der Waals surface area contributed by atoms with Crippen LogP contribution in [0.25, 0.3) is 0 Å². The van der Waals surface area contributed by atoms with E-state index in [0.717, 1.165) is 12.8 Å². The third kappa shape index (κ3) is 0.716. The maximum Gasteiger partial charge on any atom is 0.156 e. The molecule has 0 radical (unpaired) electrons. The van der Waals surface area contributed by atoms with Gasteiger partial charge >= 0.3 is 0 Å². The number of fused-ring (bicyclic) bond motifs is 1. The van der Waals surface area contributed by atoms with Crippen LogP contribution in [0.2, 0.25) is 0 Å². The van der Waals surface area contributed by atoms with Crippen molar-refractivity contribution in [3.63, 3.8) is 0 Å². The van der Waals surface area contributed by atoms with Crippen LogP contribution in [-0.2, 0) is 4.79 Å². The van der Waals surface area contributed by atoms with Crippen LogP contribution in [0.5, 0.6) is 0 Å². The average molecular weight is 124 g/mol. The predicted molar refractivity (Wildman–Crippen MR) is 35.0 cm³/mol. The van der Waals surface area contributed by atoms with Crippen molar-refractivity contribution in [2.45, 2.75) is 25.7 Å². The van der Waals surface area contributed by atoms with Gasteiger partial charge in [0.05, 0.1) is 0 Å². The highest BCUT2D eigenvalue weighted by atomic mass is 16.1. The lowest BCUT2D eigenvalue weighted by Crippen LogP contribution is -1.93. The van der Waals surface area contributed by atoms with Crippen LogP contribution in [0.4, 0.5) is 0 Å². The van der Waals surface area contributed by atoms with Crippen molar-refractivity contribution in [3.05, 3.63) is 11.6 Å². The summed E-state index contributed by atoms with van der Waals surface area (Å²) in [7, 11) is 0. The molecule has 0 aromatic heterocycles. The standard InChI is InChI=1S/C8H10O/c9-8-4-6-2-1-3-7(6)5-8/h4,7H,1-3,5H2/t7-/m0/s1/i3T/t3-,7-. The second-order valence-electron chi connectivity index (χ2n) is 2.77. The molecule has 2 aliphatic carbocycles. The Morgan fingerprint density at radius 3 is 3.44 bits per heavy atom. The molecule has 0 amide bonds. The van der Waals surface area contributed by atoms with Crippen molar-refractivity contribution < 1.29 is 6.17 Å². The van der Waals surface area contributed by atoms with Gasteiger partial charge in [0.1, 0.15) is 0 Å². The first-order valence-electron chi connectivity index (χ1n) is 4.00. The summed E-state index contributed by atoms with van der Waals surface area (Å²) in [6.07, 6.45) is 4.33. The molecule has 0 heterocycles. The number of hydrogen-bond acceptors (Lipinski definition) is 1. The molecule has 2 atom stereocenters. The zero-order valence-electron chi connectivity index (χ0n) is 6.26. The molecule has 0 aromatic carbocycles. The molecule has 2 rings (SSSR count). The topological polar surface area (TPSA) is 17.1 Å². The van der Waals surface area contributed by atoms with E-state index in [9.17, 15) is 4.79 Å². The highest BCUT2D eigenvalue weighted by molar-refractivity contribution is 5.93. The number of ketones is 1. The normalized spacial score (nSPS) is 42.4. The molecule has 0 aliphatic heterocycles. The van der Waals surface area contributed by atoms with Crippen LogP contribution in [0, 0.1) is 5.92 Å². The third-order valence-electron chi connectivity index (χ3n) is 2.13. The summed E-state index contributed by atoms with van der Waals surface area (Å²) in [4.78, 5) is 10.8. The van der Waals surface area contributed by atoms with Crippen molar-refractivity contribution in [2.24, 2.45) is 5.92 Å². The second kappa shape index (κ2) is 1.69. The van der Waals surface area contributed by atoms with Gasteiger partial charge in [0.2, 0.25) is 0 Å². The average Bonchev–Trinajstić information content (AvgIpc) is 2.35. The fourth-order valence-electron chi connectivity index (χ4n) is 1.66. The maximum absolute atomic E-state index is 10.8. The molecule has 0 N–H and O–H groups in total. The van der Waals surface area contributed by atoms with E-state index in [4.69, 9.17) is 1.37 Å². The van der Waals surface area contributed by atoms with E-state index in [2.05, 4.69) is 0 Å². The van der Waals surface area contributed by atoms with Crippen molar-refractivity contribution >= 4 is 5.78 Å². The van der Waals surface area contributed by atoms with Crippen LogP contribution < -0.4 is 0 Å². The summed E-state index contributed by atoms with van der Waals surface area (Å²) in [5.41, 5.74) is 1.24. The van der Waals surface area contributed by atoms with Crippen molar-refractivity contribution in [1.29, 1.82) is 0 Å². The van der Waals surface area contributed by atoms with Crippen molar-refractivity contribution in [1.82, 2.24) is 0 Å². The first kappa shape index (κ1) is 4.26. The summed E-state index contributed by atoms with van der Waals surface area (Å²) < 4.78 is 7.56. The zero-order valence-corrected chi connectivity index (χ0v) is 5.26. The zero-order chi connectivity index (χ0) is 7.14. The molecule has 0 saturated heterocycles. The minimum absolute atomic E-state index is 0.0118. The smallest absolute Gasteiger partial charge is 0.156 e. The van der Waals surface area contributed by atoms with Crippen molar-refractivity contribution in [3.8, 4) is 0 Å². The molecule has 2 aliphatic rings. The monoisotopic (exact) mass is 124 g/mol. The summed E-state index contributed by atoms with van der Waals surface area (Å²) in [6.45, 7) is 0. The van der Waals surface area contributed by atoms with E-state index in [1.165, 1.54) is 5.57 Å². The highest BCUT2D eigenvalue weighted by Crippen LogP contribution is 2.37. The molecule has 1 heteroatoms. The first-order chi connectivity index (χ1) is 4.77. The molecule has 0 aromatic rings. The first-order valence-corrected chi connectivity index (χ1v) is 3.43. The van der Waals surface area contributed by atoms with E-state index in [0.29, 0.717) is 12.3 Å². The quantitative estimate of drug-likeness (QED) is 0.480. The van der Waals surface area contributed by atoms with Gasteiger partial charge in [-0.05, 0) is 31.2 Å².